The van der Waals surface area contributed by atoms with Crippen LogP contribution in [0.4, 0.5) is 4.79 Å². The van der Waals surface area contributed by atoms with E-state index >= 15 is 0 Å². The molecule has 0 saturated carbocycles. The Morgan fingerprint density at radius 3 is 2.58 bits per heavy atom. The molecule has 1 atom stereocenters. The summed E-state index contributed by atoms with van der Waals surface area (Å²) in [4.78, 5) is 11.9. The molecular weight excluding hydrogens is 240 g/mol. The molecule has 1 rings (SSSR count). The molecule has 0 bridgehead atoms. The van der Waals surface area contributed by atoms with Gasteiger partial charge in [-0.15, -0.1) is 0 Å². The maximum Gasteiger partial charge on any atom is 0.315 e. The van der Waals surface area contributed by atoms with Crippen LogP contribution in [0.15, 0.2) is 18.2 Å². The molecule has 0 spiro atoms. The first-order valence-corrected chi connectivity index (χ1v) is 6.52. The minimum absolute atomic E-state index is 0.0746. The molecule has 0 saturated heterocycles. The Hall–Kier alpha value is -1.55. The van der Waals surface area contributed by atoms with Crippen LogP contribution in [0.25, 0.3) is 0 Å². The lowest BCUT2D eigenvalue weighted by Crippen LogP contribution is -2.50. The number of benzene rings is 1. The van der Waals surface area contributed by atoms with E-state index in [2.05, 4.69) is 28.8 Å². The Morgan fingerprint density at radius 2 is 2.00 bits per heavy atom. The summed E-state index contributed by atoms with van der Waals surface area (Å²) in [7, 11) is 0. The van der Waals surface area contributed by atoms with E-state index in [1.54, 1.807) is 13.8 Å². The molecule has 0 aromatic heterocycles. The van der Waals surface area contributed by atoms with Crippen LogP contribution in [0.1, 0.15) is 43.5 Å². The van der Waals surface area contributed by atoms with Gasteiger partial charge in [0.1, 0.15) is 0 Å². The highest BCUT2D eigenvalue weighted by Gasteiger charge is 2.20. The zero-order chi connectivity index (χ0) is 14.6. The summed E-state index contributed by atoms with van der Waals surface area (Å²) in [5.74, 6) is 0. The predicted octanol–water partition coefficient (Wildman–Crippen LogP) is 2.43. The number of rotatable bonds is 4. The Bertz CT molecular complexity index is 455. The molecule has 0 aliphatic heterocycles. The number of carbonyl (C=O) groups excluding carboxylic acids is 1. The van der Waals surface area contributed by atoms with Crippen LogP contribution in [-0.4, -0.2) is 23.3 Å². The first kappa shape index (κ1) is 15.5. The van der Waals surface area contributed by atoms with Crippen molar-refractivity contribution in [1.82, 2.24) is 10.6 Å². The fourth-order valence-electron chi connectivity index (χ4n) is 1.88. The summed E-state index contributed by atoms with van der Waals surface area (Å²) in [6.07, 6.45) is 0. The summed E-state index contributed by atoms with van der Waals surface area (Å²) >= 11 is 0. The highest BCUT2D eigenvalue weighted by atomic mass is 16.3. The number of aliphatic hydroxyl groups is 1. The summed E-state index contributed by atoms with van der Waals surface area (Å²) in [5.41, 5.74) is 2.81. The zero-order valence-corrected chi connectivity index (χ0v) is 12.4. The third kappa shape index (κ3) is 4.56. The van der Waals surface area contributed by atoms with Gasteiger partial charge in [0.05, 0.1) is 18.2 Å². The van der Waals surface area contributed by atoms with E-state index in [0.717, 1.165) is 11.1 Å². The van der Waals surface area contributed by atoms with Crippen LogP contribution < -0.4 is 10.6 Å². The van der Waals surface area contributed by atoms with Gasteiger partial charge in [-0.25, -0.2) is 4.79 Å². The molecule has 0 unspecified atom stereocenters. The van der Waals surface area contributed by atoms with Gasteiger partial charge in [-0.3, -0.25) is 0 Å². The molecule has 1 aromatic carbocycles. The van der Waals surface area contributed by atoms with E-state index in [1.807, 2.05) is 20.8 Å². The minimum atomic E-state index is -0.620. The third-order valence-corrected chi connectivity index (χ3v) is 3.10. The van der Waals surface area contributed by atoms with Crippen molar-refractivity contribution in [2.45, 2.75) is 46.2 Å². The number of nitrogens with one attached hydrogen (secondary N) is 2. The molecule has 1 aromatic rings. The van der Waals surface area contributed by atoms with Crippen molar-refractivity contribution in [2.75, 3.05) is 6.61 Å². The second-order valence-corrected chi connectivity index (χ2v) is 5.72. The molecule has 2 amide bonds. The van der Waals surface area contributed by atoms with Crippen molar-refractivity contribution >= 4 is 6.03 Å². The number of hydrogen-bond acceptors (Lipinski definition) is 2. The van der Waals surface area contributed by atoms with E-state index in [9.17, 15) is 4.79 Å². The average molecular weight is 264 g/mol. The molecule has 106 valence electrons. The lowest BCUT2D eigenvalue weighted by molar-refractivity contribution is 0.180. The van der Waals surface area contributed by atoms with Gasteiger partial charge in [0.15, 0.2) is 0 Å². The molecule has 0 radical (unpaired) electrons. The Morgan fingerprint density at radius 1 is 1.37 bits per heavy atom. The first-order chi connectivity index (χ1) is 8.75. The van der Waals surface area contributed by atoms with Gasteiger partial charge in [0.25, 0.3) is 0 Å². The monoisotopic (exact) mass is 264 g/mol. The van der Waals surface area contributed by atoms with Crippen molar-refractivity contribution in [1.29, 1.82) is 0 Å². The van der Waals surface area contributed by atoms with Crippen LogP contribution >= 0.6 is 0 Å². The zero-order valence-electron chi connectivity index (χ0n) is 12.4. The van der Waals surface area contributed by atoms with E-state index in [-0.39, 0.29) is 18.7 Å². The number of aliphatic hydroxyl groups excluding tert-OH is 1. The van der Waals surface area contributed by atoms with E-state index < -0.39 is 5.54 Å². The molecular formula is C15H24N2O2. The number of aryl methyl sites for hydroxylation is 2. The van der Waals surface area contributed by atoms with E-state index in [0.29, 0.717) is 0 Å². The standard InChI is InChI=1S/C15H24N2O2/c1-10-6-7-11(2)13(8-10)12(3)16-14(19)17-15(4,5)9-18/h6-8,12,18H,9H2,1-5H3,(H2,16,17,19)/t12-/m0/s1. The van der Waals surface area contributed by atoms with Gasteiger partial charge in [-0.1, -0.05) is 23.8 Å². The van der Waals surface area contributed by atoms with Gasteiger partial charge in [0.2, 0.25) is 0 Å². The fourth-order valence-corrected chi connectivity index (χ4v) is 1.88. The number of carbonyl (C=O) groups is 1. The Kier molecular flexibility index (Phi) is 4.95. The van der Waals surface area contributed by atoms with Crippen molar-refractivity contribution in [3.8, 4) is 0 Å². The molecule has 0 aliphatic carbocycles. The summed E-state index contributed by atoms with van der Waals surface area (Å²) in [6.45, 7) is 9.46. The fraction of sp³-hybridized carbons (Fsp3) is 0.533. The summed E-state index contributed by atoms with van der Waals surface area (Å²) in [5, 5.41) is 14.8. The number of urea groups is 1. The topological polar surface area (TPSA) is 61.4 Å². The Balaban J connectivity index is 2.72. The molecule has 4 nitrogen and oxygen atoms in total. The molecule has 3 N–H and O–H groups in total. The normalized spacial score (nSPS) is 12.9. The highest BCUT2D eigenvalue weighted by molar-refractivity contribution is 5.75. The quantitative estimate of drug-likeness (QED) is 0.782. The van der Waals surface area contributed by atoms with Crippen molar-refractivity contribution in [3.05, 3.63) is 34.9 Å². The van der Waals surface area contributed by atoms with Crippen molar-refractivity contribution in [3.63, 3.8) is 0 Å². The van der Waals surface area contributed by atoms with Crippen LogP contribution in [0.5, 0.6) is 0 Å². The van der Waals surface area contributed by atoms with Crippen molar-refractivity contribution < 1.29 is 9.90 Å². The van der Waals surface area contributed by atoms with E-state index in [1.165, 1.54) is 5.56 Å². The third-order valence-electron chi connectivity index (χ3n) is 3.10. The second-order valence-electron chi connectivity index (χ2n) is 5.72. The maximum atomic E-state index is 11.9. The SMILES string of the molecule is Cc1ccc(C)c([C@H](C)NC(=O)NC(C)(C)CO)c1. The molecule has 4 heteroatoms. The van der Waals surface area contributed by atoms with Crippen LogP contribution in [0.3, 0.4) is 0 Å². The van der Waals surface area contributed by atoms with E-state index in [4.69, 9.17) is 5.11 Å². The summed E-state index contributed by atoms with van der Waals surface area (Å²) < 4.78 is 0. The number of amides is 2. The highest BCUT2D eigenvalue weighted by Crippen LogP contribution is 2.18. The van der Waals surface area contributed by atoms with Crippen LogP contribution in [0, 0.1) is 13.8 Å². The smallest absolute Gasteiger partial charge is 0.315 e. The van der Waals surface area contributed by atoms with Gasteiger partial charge in [-0.05, 0) is 45.7 Å². The molecule has 19 heavy (non-hydrogen) atoms. The van der Waals surface area contributed by atoms with Gasteiger partial charge < -0.3 is 15.7 Å². The second kappa shape index (κ2) is 6.06. The minimum Gasteiger partial charge on any atom is -0.394 e. The lowest BCUT2D eigenvalue weighted by Gasteiger charge is -2.25. The predicted molar refractivity (Wildman–Crippen MR) is 77.2 cm³/mol. The van der Waals surface area contributed by atoms with Crippen molar-refractivity contribution in [2.24, 2.45) is 0 Å². The van der Waals surface area contributed by atoms with Crippen LogP contribution in [0.2, 0.25) is 0 Å². The number of hydrogen-bond donors (Lipinski definition) is 3. The maximum absolute atomic E-state index is 11.9. The van der Waals surface area contributed by atoms with Gasteiger partial charge >= 0.3 is 6.03 Å². The van der Waals surface area contributed by atoms with Crippen LogP contribution in [-0.2, 0) is 0 Å². The lowest BCUT2D eigenvalue weighted by atomic mass is 10.00. The largest absolute Gasteiger partial charge is 0.394 e. The first-order valence-electron chi connectivity index (χ1n) is 6.52. The Labute approximate surface area is 115 Å². The molecule has 0 fully saturated rings. The van der Waals surface area contributed by atoms with Gasteiger partial charge in [-0.2, -0.15) is 0 Å². The molecule has 0 aliphatic rings. The summed E-state index contributed by atoms with van der Waals surface area (Å²) in [6, 6.07) is 5.85. The van der Waals surface area contributed by atoms with Gasteiger partial charge in [0, 0.05) is 0 Å². The average Bonchev–Trinajstić information content (AvgIpc) is 2.31. The molecule has 0 heterocycles.